The van der Waals surface area contributed by atoms with Crippen LogP contribution in [0.25, 0.3) is 0 Å². The van der Waals surface area contributed by atoms with E-state index in [0.29, 0.717) is 31.0 Å². The highest BCUT2D eigenvalue weighted by Crippen LogP contribution is 2.24. The number of benzene rings is 1. The van der Waals surface area contributed by atoms with E-state index in [-0.39, 0.29) is 12.3 Å². The molecule has 108 valence electrons. The first-order chi connectivity index (χ1) is 9.47. The van der Waals surface area contributed by atoms with E-state index in [1.54, 1.807) is 0 Å². The van der Waals surface area contributed by atoms with Crippen molar-refractivity contribution in [2.45, 2.75) is 26.2 Å². The molecule has 1 unspecified atom stereocenters. The Balaban J connectivity index is 1.97. The van der Waals surface area contributed by atoms with Crippen LogP contribution in [-0.2, 0) is 4.79 Å². The fourth-order valence-electron chi connectivity index (χ4n) is 2.49. The first kappa shape index (κ1) is 15.0. The average Bonchev–Trinajstić information content (AvgIpc) is 2.87. The minimum atomic E-state index is -0.766. The summed E-state index contributed by atoms with van der Waals surface area (Å²) in [4.78, 5) is 24.8. The number of aliphatic carboxylic acids is 1. The Morgan fingerprint density at radius 3 is 2.85 bits per heavy atom. The maximum atomic E-state index is 12.4. The van der Waals surface area contributed by atoms with E-state index in [1.165, 1.54) is 0 Å². The minimum Gasteiger partial charge on any atom is -0.481 e. The van der Waals surface area contributed by atoms with Crippen LogP contribution in [0.2, 0.25) is 0 Å². The number of carbonyl (C=O) groups excluding carboxylic acids is 1. The molecule has 1 N–H and O–H groups in total. The number of hydrogen-bond acceptors (Lipinski definition) is 2. The third kappa shape index (κ3) is 3.60. The summed E-state index contributed by atoms with van der Waals surface area (Å²) in [5.74, 6) is -0.426. The van der Waals surface area contributed by atoms with Gasteiger partial charge in [-0.15, -0.1) is 0 Å². The van der Waals surface area contributed by atoms with E-state index in [0.717, 1.165) is 16.5 Å². The second-order valence-corrected chi connectivity index (χ2v) is 6.16. The zero-order valence-electron chi connectivity index (χ0n) is 11.4. The van der Waals surface area contributed by atoms with Gasteiger partial charge in [-0.05, 0) is 43.4 Å². The van der Waals surface area contributed by atoms with Crippen LogP contribution in [-0.4, -0.2) is 35.0 Å². The van der Waals surface area contributed by atoms with Crippen molar-refractivity contribution in [3.8, 4) is 0 Å². The third-order valence-corrected chi connectivity index (χ3v) is 4.61. The number of hydrogen-bond donors (Lipinski definition) is 1. The maximum Gasteiger partial charge on any atom is 0.303 e. The van der Waals surface area contributed by atoms with Crippen LogP contribution in [0.5, 0.6) is 0 Å². The first-order valence-corrected chi connectivity index (χ1v) is 7.54. The molecule has 1 saturated heterocycles. The number of nitrogens with zero attached hydrogens (tertiary/aromatic N) is 1. The Morgan fingerprint density at radius 2 is 2.20 bits per heavy atom. The van der Waals surface area contributed by atoms with Gasteiger partial charge in [-0.3, -0.25) is 9.59 Å². The van der Waals surface area contributed by atoms with Crippen molar-refractivity contribution in [2.24, 2.45) is 5.92 Å². The normalized spacial score (nSPS) is 18.3. The second kappa shape index (κ2) is 6.39. The third-order valence-electron chi connectivity index (χ3n) is 3.76. The molecule has 0 radical (unpaired) electrons. The number of carboxylic acid groups (broad SMARTS) is 1. The van der Waals surface area contributed by atoms with Gasteiger partial charge in [0.1, 0.15) is 0 Å². The molecule has 0 spiro atoms. The quantitative estimate of drug-likeness (QED) is 0.916. The number of amides is 1. The molecule has 1 aromatic rings. The van der Waals surface area contributed by atoms with Gasteiger partial charge in [-0.25, -0.2) is 0 Å². The van der Waals surface area contributed by atoms with E-state index in [1.807, 2.05) is 30.0 Å². The van der Waals surface area contributed by atoms with Gasteiger partial charge in [0.05, 0.1) is 0 Å². The lowest BCUT2D eigenvalue weighted by atomic mass is 10.0. The Morgan fingerprint density at radius 1 is 1.45 bits per heavy atom. The zero-order valence-corrected chi connectivity index (χ0v) is 13.0. The van der Waals surface area contributed by atoms with Crippen LogP contribution < -0.4 is 0 Å². The Kier molecular flexibility index (Phi) is 4.81. The highest BCUT2D eigenvalue weighted by Gasteiger charge is 2.27. The smallest absolute Gasteiger partial charge is 0.303 e. The topological polar surface area (TPSA) is 57.6 Å². The molecule has 0 aromatic heterocycles. The van der Waals surface area contributed by atoms with E-state index in [2.05, 4.69) is 15.9 Å². The van der Waals surface area contributed by atoms with Crippen LogP contribution >= 0.6 is 15.9 Å². The SMILES string of the molecule is Cc1ccc(C(=O)N2CCC(CCC(=O)O)C2)cc1Br. The molecule has 1 aliphatic rings. The number of halogens is 1. The van der Waals surface area contributed by atoms with Crippen molar-refractivity contribution in [3.05, 3.63) is 33.8 Å². The van der Waals surface area contributed by atoms with E-state index in [9.17, 15) is 9.59 Å². The molecule has 4 nitrogen and oxygen atoms in total. The van der Waals surface area contributed by atoms with Gasteiger partial charge in [0.15, 0.2) is 0 Å². The summed E-state index contributed by atoms with van der Waals surface area (Å²) in [5.41, 5.74) is 1.78. The predicted octanol–water partition coefficient (Wildman–Crippen LogP) is 3.08. The number of rotatable bonds is 4. The van der Waals surface area contributed by atoms with Gasteiger partial charge in [-0.1, -0.05) is 22.0 Å². The number of aryl methyl sites for hydroxylation is 1. The molecule has 1 atom stereocenters. The molecule has 0 bridgehead atoms. The standard InChI is InChI=1S/C15H18BrNO3/c1-10-2-4-12(8-13(10)16)15(20)17-7-6-11(9-17)3-5-14(18)19/h2,4,8,11H,3,5-7,9H2,1H3,(H,18,19). The summed E-state index contributed by atoms with van der Waals surface area (Å²) in [7, 11) is 0. The Hall–Kier alpha value is -1.36. The van der Waals surface area contributed by atoms with Crippen molar-refractivity contribution in [1.29, 1.82) is 0 Å². The lowest BCUT2D eigenvalue weighted by Crippen LogP contribution is -2.28. The molecule has 1 amide bonds. The second-order valence-electron chi connectivity index (χ2n) is 5.30. The van der Waals surface area contributed by atoms with Gasteiger partial charge in [0, 0.05) is 29.5 Å². The number of carbonyl (C=O) groups is 2. The van der Waals surface area contributed by atoms with E-state index < -0.39 is 5.97 Å². The highest BCUT2D eigenvalue weighted by atomic mass is 79.9. The molecule has 20 heavy (non-hydrogen) atoms. The van der Waals surface area contributed by atoms with Crippen LogP contribution in [0.3, 0.4) is 0 Å². The van der Waals surface area contributed by atoms with Gasteiger partial charge < -0.3 is 10.0 Å². The van der Waals surface area contributed by atoms with E-state index >= 15 is 0 Å². The maximum absolute atomic E-state index is 12.4. The Bertz CT molecular complexity index is 530. The lowest BCUT2D eigenvalue weighted by Gasteiger charge is -2.17. The van der Waals surface area contributed by atoms with Crippen LogP contribution in [0.1, 0.15) is 35.2 Å². The molecular weight excluding hydrogens is 322 g/mol. The average molecular weight is 340 g/mol. The van der Waals surface area contributed by atoms with Crippen LogP contribution in [0.15, 0.2) is 22.7 Å². The summed E-state index contributed by atoms with van der Waals surface area (Å²) in [6.45, 7) is 3.36. The van der Waals surface area contributed by atoms with Crippen molar-refractivity contribution in [3.63, 3.8) is 0 Å². The minimum absolute atomic E-state index is 0.0310. The molecule has 1 fully saturated rings. The fraction of sp³-hybridized carbons (Fsp3) is 0.467. The van der Waals surface area contributed by atoms with Gasteiger partial charge in [0.25, 0.3) is 5.91 Å². The summed E-state index contributed by atoms with van der Waals surface area (Å²) in [6, 6.07) is 5.62. The largest absolute Gasteiger partial charge is 0.481 e. The lowest BCUT2D eigenvalue weighted by molar-refractivity contribution is -0.137. The van der Waals surface area contributed by atoms with Crippen molar-refractivity contribution >= 4 is 27.8 Å². The van der Waals surface area contributed by atoms with Crippen LogP contribution in [0.4, 0.5) is 0 Å². The van der Waals surface area contributed by atoms with Crippen LogP contribution in [0, 0.1) is 12.8 Å². The molecule has 0 aliphatic carbocycles. The number of likely N-dealkylation sites (tertiary alicyclic amines) is 1. The first-order valence-electron chi connectivity index (χ1n) is 6.74. The monoisotopic (exact) mass is 339 g/mol. The number of carboxylic acids is 1. The molecular formula is C15H18BrNO3. The van der Waals surface area contributed by atoms with Crippen molar-refractivity contribution in [1.82, 2.24) is 4.90 Å². The molecule has 1 heterocycles. The van der Waals surface area contributed by atoms with E-state index in [4.69, 9.17) is 5.11 Å². The zero-order chi connectivity index (χ0) is 14.7. The molecule has 2 rings (SSSR count). The predicted molar refractivity (Wildman–Crippen MR) is 79.8 cm³/mol. The summed E-state index contributed by atoms with van der Waals surface area (Å²) in [6.07, 6.45) is 1.73. The fourth-order valence-corrected chi connectivity index (χ4v) is 2.87. The summed E-state index contributed by atoms with van der Waals surface area (Å²) >= 11 is 3.44. The molecule has 0 saturated carbocycles. The Labute approximate surface area is 126 Å². The highest BCUT2D eigenvalue weighted by molar-refractivity contribution is 9.10. The van der Waals surface area contributed by atoms with Crippen molar-refractivity contribution in [2.75, 3.05) is 13.1 Å². The van der Waals surface area contributed by atoms with Gasteiger partial charge in [-0.2, -0.15) is 0 Å². The van der Waals surface area contributed by atoms with Gasteiger partial charge in [0.2, 0.25) is 0 Å². The van der Waals surface area contributed by atoms with Gasteiger partial charge >= 0.3 is 5.97 Å². The summed E-state index contributed by atoms with van der Waals surface area (Å²) < 4.78 is 0.935. The molecule has 1 aromatic carbocycles. The summed E-state index contributed by atoms with van der Waals surface area (Å²) in [5, 5.41) is 8.70. The molecule has 1 aliphatic heterocycles. The van der Waals surface area contributed by atoms with Crippen molar-refractivity contribution < 1.29 is 14.7 Å². The molecule has 5 heteroatoms.